The van der Waals surface area contributed by atoms with Gasteiger partial charge < -0.3 is 4.84 Å². The molecule has 4 rings (SSSR count). The Kier molecular flexibility index (Phi) is 5.27. The van der Waals surface area contributed by atoms with Crippen LogP contribution in [0.2, 0.25) is 10.0 Å². The van der Waals surface area contributed by atoms with Gasteiger partial charge in [-0.25, -0.2) is 0 Å². The van der Waals surface area contributed by atoms with Crippen molar-refractivity contribution in [2.24, 2.45) is 0 Å². The van der Waals surface area contributed by atoms with Crippen LogP contribution in [0.4, 0.5) is 0 Å². The predicted molar refractivity (Wildman–Crippen MR) is 110 cm³/mol. The standard InChI is InChI=1S/C22H18Cl2N2O2/c23-17-9-5-15(6-10-17)20-13-22(20,16-7-11-18(24)12-8-16)19-3-1-2-4-21(19)28-26-25-14-27/h1-12,14,20,26H,13H2,(H,25,27). The molecule has 0 aliphatic heterocycles. The molecule has 0 heterocycles. The van der Waals surface area contributed by atoms with E-state index in [4.69, 9.17) is 28.0 Å². The number of rotatable bonds is 7. The fourth-order valence-corrected chi connectivity index (χ4v) is 4.16. The fraction of sp³-hybridized carbons (Fsp3) is 0.136. The Labute approximate surface area is 173 Å². The van der Waals surface area contributed by atoms with E-state index in [2.05, 4.69) is 41.3 Å². The Morgan fingerprint density at radius 3 is 2.25 bits per heavy atom. The first-order valence-electron chi connectivity index (χ1n) is 8.87. The number of benzene rings is 3. The second kappa shape index (κ2) is 7.84. The van der Waals surface area contributed by atoms with E-state index in [1.807, 2.05) is 42.5 Å². The highest BCUT2D eigenvalue weighted by Crippen LogP contribution is 2.65. The van der Waals surface area contributed by atoms with Gasteiger partial charge in [0.1, 0.15) is 0 Å². The third-order valence-corrected chi connectivity index (χ3v) is 5.74. The summed E-state index contributed by atoms with van der Waals surface area (Å²) in [6.07, 6.45) is 1.45. The second-order valence-electron chi connectivity index (χ2n) is 6.75. The Morgan fingerprint density at radius 2 is 1.57 bits per heavy atom. The minimum Gasteiger partial charge on any atom is -0.389 e. The van der Waals surface area contributed by atoms with Gasteiger partial charge in [-0.15, -0.1) is 0 Å². The van der Waals surface area contributed by atoms with Crippen LogP contribution >= 0.6 is 23.2 Å². The van der Waals surface area contributed by atoms with Crippen molar-refractivity contribution in [1.82, 2.24) is 11.0 Å². The zero-order chi connectivity index (χ0) is 19.6. The van der Waals surface area contributed by atoms with Gasteiger partial charge in [0.25, 0.3) is 0 Å². The lowest BCUT2D eigenvalue weighted by molar-refractivity contribution is -0.112. The normalized spacial score (nSPS) is 20.4. The highest BCUT2D eigenvalue weighted by Gasteiger charge is 2.58. The number of carbonyl (C=O) groups is 1. The first kappa shape index (κ1) is 18.8. The highest BCUT2D eigenvalue weighted by molar-refractivity contribution is 6.30. The lowest BCUT2D eigenvalue weighted by Crippen LogP contribution is -2.34. The summed E-state index contributed by atoms with van der Waals surface area (Å²) in [7, 11) is 0. The molecule has 0 radical (unpaired) electrons. The van der Waals surface area contributed by atoms with Gasteiger partial charge in [0.05, 0.1) is 0 Å². The maximum Gasteiger partial charge on any atom is 0.223 e. The number of hydrogen-bond donors (Lipinski definition) is 2. The van der Waals surface area contributed by atoms with Gasteiger partial charge >= 0.3 is 0 Å². The zero-order valence-corrected chi connectivity index (χ0v) is 16.4. The molecule has 2 unspecified atom stereocenters. The average Bonchev–Trinajstić information content (AvgIpc) is 3.46. The molecule has 1 aliphatic carbocycles. The van der Waals surface area contributed by atoms with E-state index in [0.717, 1.165) is 22.6 Å². The Hall–Kier alpha value is -2.53. The quantitative estimate of drug-likeness (QED) is 0.325. The van der Waals surface area contributed by atoms with Crippen molar-refractivity contribution in [1.29, 1.82) is 0 Å². The summed E-state index contributed by atoms with van der Waals surface area (Å²) >= 11 is 12.2. The minimum atomic E-state index is -0.252. The number of carbonyl (C=O) groups excluding carboxylic acids is 1. The molecule has 28 heavy (non-hydrogen) atoms. The van der Waals surface area contributed by atoms with Gasteiger partial charge in [-0.3, -0.25) is 10.2 Å². The van der Waals surface area contributed by atoms with Gasteiger partial charge in [0, 0.05) is 21.0 Å². The van der Waals surface area contributed by atoms with E-state index in [-0.39, 0.29) is 11.3 Å². The molecule has 4 nitrogen and oxygen atoms in total. The molecule has 0 aromatic heterocycles. The zero-order valence-electron chi connectivity index (χ0n) is 14.9. The van der Waals surface area contributed by atoms with Crippen molar-refractivity contribution in [3.8, 4) is 5.75 Å². The van der Waals surface area contributed by atoms with Crippen molar-refractivity contribution in [3.05, 3.63) is 99.5 Å². The van der Waals surface area contributed by atoms with E-state index in [9.17, 15) is 4.79 Å². The third kappa shape index (κ3) is 3.47. The first-order valence-corrected chi connectivity index (χ1v) is 9.63. The highest BCUT2D eigenvalue weighted by atomic mass is 35.5. The molecule has 1 aliphatic rings. The van der Waals surface area contributed by atoms with Crippen molar-refractivity contribution < 1.29 is 9.63 Å². The van der Waals surface area contributed by atoms with Gasteiger partial charge in [-0.05, 0) is 53.8 Å². The molecule has 3 aromatic rings. The molecule has 6 heteroatoms. The predicted octanol–water partition coefficient (Wildman–Crippen LogP) is 5.01. The van der Waals surface area contributed by atoms with Crippen LogP contribution in [-0.4, -0.2) is 6.41 Å². The van der Waals surface area contributed by atoms with E-state index >= 15 is 0 Å². The molecule has 0 saturated heterocycles. The number of nitrogens with one attached hydrogen (secondary N) is 2. The van der Waals surface area contributed by atoms with Crippen molar-refractivity contribution in [3.63, 3.8) is 0 Å². The summed E-state index contributed by atoms with van der Waals surface area (Å²) in [6.45, 7) is 0. The summed E-state index contributed by atoms with van der Waals surface area (Å²) < 4.78 is 0. The maximum atomic E-state index is 10.5. The molecular weight excluding hydrogens is 395 g/mol. The molecule has 1 fully saturated rings. The Bertz CT molecular complexity index is 977. The molecule has 2 atom stereocenters. The van der Waals surface area contributed by atoms with Gasteiger partial charge in [-0.2, -0.15) is 0 Å². The van der Waals surface area contributed by atoms with Gasteiger partial charge in [0.15, 0.2) is 5.75 Å². The van der Waals surface area contributed by atoms with E-state index in [1.165, 1.54) is 5.56 Å². The van der Waals surface area contributed by atoms with Gasteiger partial charge in [-0.1, -0.05) is 71.3 Å². The first-order chi connectivity index (χ1) is 13.6. The molecule has 142 valence electrons. The lowest BCUT2D eigenvalue weighted by atomic mass is 9.83. The van der Waals surface area contributed by atoms with Crippen LogP contribution in [0.25, 0.3) is 0 Å². The van der Waals surface area contributed by atoms with E-state index < -0.39 is 0 Å². The van der Waals surface area contributed by atoms with E-state index in [1.54, 1.807) is 0 Å². The molecule has 1 saturated carbocycles. The minimum absolute atomic E-state index is 0.252. The number of para-hydroxylation sites is 1. The summed E-state index contributed by atoms with van der Waals surface area (Å²) in [5.74, 6) is 0.929. The summed E-state index contributed by atoms with van der Waals surface area (Å²) in [4.78, 5) is 16.1. The average molecular weight is 413 g/mol. The van der Waals surface area contributed by atoms with E-state index in [0.29, 0.717) is 17.2 Å². The number of amides is 1. The molecule has 3 aromatic carbocycles. The summed E-state index contributed by atoms with van der Waals surface area (Å²) in [5.41, 5.74) is 7.93. The molecule has 0 spiro atoms. The maximum absolute atomic E-state index is 10.5. The number of hydrazine groups is 1. The van der Waals surface area contributed by atoms with Crippen LogP contribution in [0.1, 0.15) is 29.0 Å². The number of hydrogen-bond acceptors (Lipinski definition) is 3. The van der Waals surface area contributed by atoms with Crippen molar-refractivity contribution in [2.45, 2.75) is 17.8 Å². The van der Waals surface area contributed by atoms with Crippen LogP contribution in [0.15, 0.2) is 72.8 Å². The molecule has 0 bridgehead atoms. The fourth-order valence-electron chi connectivity index (χ4n) is 3.91. The summed E-state index contributed by atoms with van der Waals surface area (Å²) in [5, 5.41) is 1.42. The van der Waals surface area contributed by atoms with Crippen LogP contribution in [-0.2, 0) is 10.2 Å². The Morgan fingerprint density at radius 1 is 0.929 bits per heavy atom. The third-order valence-electron chi connectivity index (χ3n) is 5.24. The monoisotopic (exact) mass is 412 g/mol. The van der Waals surface area contributed by atoms with Crippen LogP contribution < -0.4 is 15.9 Å². The topological polar surface area (TPSA) is 50.4 Å². The van der Waals surface area contributed by atoms with Crippen molar-refractivity contribution in [2.75, 3.05) is 0 Å². The molecular formula is C22H18Cl2N2O2. The van der Waals surface area contributed by atoms with Crippen LogP contribution in [0.3, 0.4) is 0 Å². The van der Waals surface area contributed by atoms with Gasteiger partial charge in [0.2, 0.25) is 6.41 Å². The molecule has 2 N–H and O–H groups in total. The Balaban J connectivity index is 1.79. The smallest absolute Gasteiger partial charge is 0.223 e. The largest absolute Gasteiger partial charge is 0.389 e. The van der Waals surface area contributed by atoms with Crippen LogP contribution in [0, 0.1) is 0 Å². The SMILES string of the molecule is O=CNNOc1ccccc1C1(c2ccc(Cl)cc2)CC1c1ccc(Cl)cc1. The van der Waals surface area contributed by atoms with Crippen molar-refractivity contribution >= 4 is 29.6 Å². The van der Waals surface area contributed by atoms with Crippen LogP contribution in [0.5, 0.6) is 5.75 Å². The lowest BCUT2D eigenvalue weighted by Gasteiger charge is -2.22. The molecule has 1 amide bonds. The second-order valence-corrected chi connectivity index (χ2v) is 7.62. The number of halogens is 2. The summed E-state index contributed by atoms with van der Waals surface area (Å²) in [6, 6.07) is 23.7.